The first-order valence-corrected chi connectivity index (χ1v) is 5.23. The van der Waals surface area contributed by atoms with E-state index in [1.807, 2.05) is 36.4 Å². The van der Waals surface area contributed by atoms with Crippen molar-refractivity contribution in [2.24, 2.45) is 0 Å². The highest BCUT2D eigenvalue weighted by molar-refractivity contribution is 5.85. The van der Waals surface area contributed by atoms with Gasteiger partial charge in [-0.15, -0.1) is 0 Å². The number of nitrogens with zero attached hydrogens (tertiary/aromatic N) is 1. The fourth-order valence-corrected chi connectivity index (χ4v) is 1.42. The first kappa shape index (κ1) is 11.7. The molecule has 0 atom stereocenters. The molecule has 0 fully saturated rings. The van der Waals surface area contributed by atoms with Gasteiger partial charge in [0.25, 0.3) is 0 Å². The van der Waals surface area contributed by atoms with E-state index in [-0.39, 0.29) is 11.6 Å². The van der Waals surface area contributed by atoms with Crippen molar-refractivity contribution in [1.29, 1.82) is 0 Å². The molecule has 18 heavy (non-hydrogen) atoms. The molecule has 0 aliphatic heterocycles. The van der Waals surface area contributed by atoms with Crippen LogP contribution in [-0.2, 0) is 0 Å². The molecule has 1 heterocycles. The third-order valence-electron chi connectivity index (χ3n) is 2.21. The number of nitrogen functional groups attached to an aromatic ring is 1. The standard InChI is InChI=1S/C12H12N4O2/c13-10-11(16-12(17)18)15-9(14-10)7-6-8-4-2-1-3-5-8/h1-7,16H,13H2,(H,14,15)(H,17,18)/b7-6+. The van der Waals surface area contributed by atoms with Crippen LogP contribution in [0.25, 0.3) is 12.2 Å². The van der Waals surface area contributed by atoms with E-state index in [1.165, 1.54) is 0 Å². The number of aromatic amines is 1. The Labute approximate surface area is 103 Å². The number of benzene rings is 1. The number of rotatable bonds is 3. The van der Waals surface area contributed by atoms with E-state index in [0.29, 0.717) is 5.82 Å². The first-order valence-electron chi connectivity index (χ1n) is 5.23. The lowest BCUT2D eigenvalue weighted by Crippen LogP contribution is -2.09. The fraction of sp³-hybridized carbons (Fsp3) is 0. The number of imidazole rings is 1. The van der Waals surface area contributed by atoms with E-state index < -0.39 is 6.09 Å². The summed E-state index contributed by atoms with van der Waals surface area (Å²) in [5, 5.41) is 10.7. The topological polar surface area (TPSA) is 104 Å². The lowest BCUT2D eigenvalue weighted by Gasteiger charge is -1.94. The fourth-order valence-electron chi connectivity index (χ4n) is 1.42. The monoisotopic (exact) mass is 244 g/mol. The van der Waals surface area contributed by atoms with Crippen LogP contribution in [-0.4, -0.2) is 21.2 Å². The number of nitrogens with one attached hydrogen (secondary N) is 2. The summed E-state index contributed by atoms with van der Waals surface area (Å²) >= 11 is 0. The van der Waals surface area contributed by atoms with Crippen LogP contribution in [0.3, 0.4) is 0 Å². The summed E-state index contributed by atoms with van der Waals surface area (Å²) < 4.78 is 0. The van der Waals surface area contributed by atoms with Gasteiger partial charge in [-0.25, -0.2) is 9.78 Å². The number of hydrogen-bond acceptors (Lipinski definition) is 3. The average Bonchev–Trinajstić information content (AvgIpc) is 2.68. The molecule has 0 aliphatic carbocycles. The predicted octanol–water partition coefficient (Wildman–Crippen LogP) is 2.25. The lowest BCUT2D eigenvalue weighted by atomic mass is 10.2. The Morgan fingerprint density at radius 3 is 2.72 bits per heavy atom. The van der Waals surface area contributed by atoms with E-state index in [9.17, 15) is 4.79 Å². The van der Waals surface area contributed by atoms with Crippen molar-refractivity contribution >= 4 is 29.9 Å². The summed E-state index contributed by atoms with van der Waals surface area (Å²) in [7, 11) is 0. The number of carboxylic acid groups (broad SMARTS) is 1. The SMILES string of the molecule is Nc1[nH]c(/C=C/c2ccccc2)nc1NC(=O)O. The van der Waals surface area contributed by atoms with Crippen LogP contribution in [0.1, 0.15) is 11.4 Å². The molecule has 5 N–H and O–H groups in total. The molecule has 0 radical (unpaired) electrons. The first-order chi connectivity index (χ1) is 8.65. The zero-order valence-corrected chi connectivity index (χ0v) is 9.42. The highest BCUT2D eigenvalue weighted by atomic mass is 16.4. The van der Waals surface area contributed by atoms with E-state index in [1.54, 1.807) is 6.08 Å². The Morgan fingerprint density at radius 2 is 2.06 bits per heavy atom. The Hall–Kier alpha value is -2.76. The zero-order chi connectivity index (χ0) is 13.0. The molecule has 0 spiro atoms. The Bertz CT molecular complexity index is 575. The van der Waals surface area contributed by atoms with Crippen LogP contribution in [0.4, 0.5) is 16.4 Å². The Kier molecular flexibility index (Phi) is 3.29. The van der Waals surface area contributed by atoms with E-state index in [4.69, 9.17) is 10.8 Å². The summed E-state index contributed by atoms with van der Waals surface area (Å²) in [6.07, 6.45) is 2.37. The minimum atomic E-state index is -1.20. The van der Waals surface area contributed by atoms with Gasteiger partial charge in [0.1, 0.15) is 11.6 Å². The van der Waals surface area contributed by atoms with Crippen molar-refractivity contribution in [1.82, 2.24) is 9.97 Å². The van der Waals surface area contributed by atoms with Crippen molar-refractivity contribution in [3.8, 4) is 0 Å². The Morgan fingerprint density at radius 1 is 1.33 bits per heavy atom. The number of H-pyrrole nitrogens is 1. The minimum Gasteiger partial charge on any atom is -0.465 e. The summed E-state index contributed by atoms with van der Waals surface area (Å²) in [6, 6.07) is 9.66. The van der Waals surface area contributed by atoms with Gasteiger partial charge in [0.15, 0.2) is 5.82 Å². The highest BCUT2D eigenvalue weighted by Crippen LogP contribution is 2.16. The molecule has 2 aromatic rings. The molecule has 0 aliphatic rings. The van der Waals surface area contributed by atoms with Gasteiger partial charge >= 0.3 is 6.09 Å². The number of anilines is 2. The second-order valence-electron chi connectivity index (χ2n) is 3.56. The smallest absolute Gasteiger partial charge is 0.410 e. The molecular formula is C12H12N4O2. The molecule has 0 saturated carbocycles. The maximum absolute atomic E-state index is 10.5. The molecule has 6 heteroatoms. The van der Waals surface area contributed by atoms with Crippen molar-refractivity contribution in [2.75, 3.05) is 11.1 Å². The van der Waals surface area contributed by atoms with Gasteiger partial charge in [-0.1, -0.05) is 36.4 Å². The van der Waals surface area contributed by atoms with Crippen LogP contribution >= 0.6 is 0 Å². The van der Waals surface area contributed by atoms with Crippen molar-refractivity contribution < 1.29 is 9.90 Å². The van der Waals surface area contributed by atoms with E-state index >= 15 is 0 Å². The van der Waals surface area contributed by atoms with Crippen LogP contribution in [0, 0.1) is 0 Å². The number of nitrogens with two attached hydrogens (primary N) is 1. The van der Waals surface area contributed by atoms with Gasteiger partial charge in [0.05, 0.1) is 0 Å². The molecule has 92 valence electrons. The zero-order valence-electron chi connectivity index (χ0n) is 9.42. The molecule has 0 saturated heterocycles. The summed E-state index contributed by atoms with van der Waals surface area (Å²) in [4.78, 5) is 17.3. The molecule has 1 aromatic carbocycles. The van der Waals surface area contributed by atoms with Gasteiger partial charge in [0, 0.05) is 0 Å². The second kappa shape index (κ2) is 5.05. The number of aromatic nitrogens is 2. The van der Waals surface area contributed by atoms with Crippen LogP contribution < -0.4 is 11.1 Å². The van der Waals surface area contributed by atoms with Gasteiger partial charge in [-0.3, -0.25) is 5.32 Å². The third-order valence-corrected chi connectivity index (χ3v) is 2.21. The second-order valence-corrected chi connectivity index (χ2v) is 3.56. The van der Waals surface area contributed by atoms with E-state index in [0.717, 1.165) is 5.56 Å². The molecule has 6 nitrogen and oxygen atoms in total. The lowest BCUT2D eigenvalue weighted by molar-refractivity contribution is 0.209. The molecule has 0 unspecified atom stereocenters. The number of amides is 1. The summed E-state index contributed by atoms with van der Waals surface area (Å²) in [6.45, 7) is 0. The maximum atomic E-state index is 10.5. The molecule has 1 aromatic heterocycles. The van der Waals surface area contributed by atoms with Crippen LogP contribution in [0.15, 0.2) is 30.3 Å². The third kappa shape index (κ3) is 2.88. The van der Waals surface area contributed by atoms with Crippen LogP contribution in [0.5, 0.6) is 0 Å². The van der Waals surface area contributed by atoms with Crippen LogP contribution in [0.2, 0.25) is 0 Å². The average molecular weight is 244 g/mol. The predicted molar refractivity (Wildman–Crippen MR) is 70.0 cm³/mol. The largest absolute Gasteiger partial charge is 0.465 e. The van der Waals surface area contributed by atoms with E-state index in [2.05, 4.69) is 15.3 Å². The molecule has 1 amide bonds. The van der Waals surface area contributed by atoms with Gasteiger partial charge in [-0.2, -0.15) is 0 Å². The summed E-state index contributed by atoms with van der Waals surface area (Å²) in [5.41, 5.74) is 6.59. The van der Waals surface area contributed by atoms with Gasteiger partial charge in [0.2, 0.25) is 0 Å². The normalized spacial score (nSPS) is 10.7. The highest BCUT2D eigenvalue weighted by Gasteiger charge is 2.07. The Balaban J connectivity index is 2.15. The van der Waals surface area contributed by atoms with Gasteiger partial charge < -0.3 is 15.8 Å². The van der Waals surface area contributed by atoms with Crippen molar-refractivity contribution in [3.63, 3.8) is 0 Å². The number of carbonyl (C=O) groups is 1. The minimum absolute atomic E-state index is 0.107. The molecule has 2 rings (SSSR count). The molecule has 0 bridgehead atoms. The number of hydrogen-bond donors (Lipinski definition) is 4. The maximum Gasteiger partial charge on any atom is 0.410 e. The van der Waals surface area contributed by atoms with Gasteiger partial charge in [-0.05, 0) is 11.6 Å². The summed E-state index contributed by atoms with van der Waals surface area (Å²) in [5.74, 6) is 0.778. The molecular weight excluding hydrogens is 232 g/mol. The van der Waals surface area contributed by atoms with Crippen molar-refractivity contribution in [3.05, 3.63) is 41.7 Å². The van der Waals surface area contributed by atoms with Crippen molar-refractivity contribution in [2.45, 2.75) is 0 Å². The quantitative estimate of drug-likeness (QED) is 0.664.